The molecule has 4 heteroatoms. The minimum atomic E-state index is 0. The number of hydrogen-bond donors (Lipinski definition) is 2. The van der Waals surface area contributed by atoms with Crippen LogP contribution in [0.1, 0.15) is 26.2 Å². The number of amides is 1. The zero-order valence-corrected chi connectivity index (χ0v) is 9.90. The molecule has 0 radical (unpaired) electrons. The van der Waals surface area contributed by atoms with Crippen molar-refractivity contribution in [1.82, 2.24) is 10.6 Å². The first-order valence-corrected chi connectivity index (χ1v) is 5.44. The van der Waals surface area contributed by atoms with Crippen LogP contribution in [0.3, 0.4) is 0 Å². The largest absolute Gasteiger partial charge is 0.347 e. The summed E-state index contributed by atoms with van der Waals surface area (Å²) in [6.07, 6.45) is 5.26. The maximum Gasteiger partial charge on any atom is 0.244 e. The topological polar surface area (TPSA) is 41.1 Å². The summed E-state index contributed by atoms with van der Waals surface area (Å²) in [7, 11) is 0. The van der Waals surface area contributed by atoms with Crippen LogP contribution in [0.15, 0.2) is 11.6 Å². The molecule has 0 bridgehead atoms. The molecule has 0 aromatic carbocycles. The molecule has 2 aliphatic rings. The van der Waals surface area contributed by atoms with Crippen molar-refractivity contribution < 1.29 is 4.79 Å². The molecule has 0 aromatic rings. The number of rotatable bonds is 2. The first-order valence-electron chi connectivity index (χ1n) is 5.44. The van der Waals surface area contributed by atoms with Crippen molar-refractivity contribution in [3.05, 3.63) is 11.6 Å². The van der Waals surface area contributed by atoms with Crippen LogP contribution in [-0.4, -0.2) is 25.0 Å². The molecule has 3 nitrogen and oxygen atoms in total. The van der Waals surface area contributed by atoms with E-state index in [0.29, 0.717) is 6.04 Å². The van der Waals surface area contributed by atoms with Gasteiger partial charge in [-0.3, -0.25) is 4.79 Å². The molecule has 1 aliphatic heterocycles. The minimum absolute atomic E-state index is 0. The standard InChI is InChI=1S/C11H18N2O.ClH/c1-8-2-3-9(4-8)5-11(14)13-10-6-12-7-10;/h5,8,10,12H,2-4,6-7H2,1H3,(H,13,14);1H/b9-5+;. The van der Waals surface area contributed by atoms with Gasteiger partial charge >= 0.3 is 0 Å². The van der Waals surface area contributed by atoms with Crippen LogP contribution in [0.2, 0.25) is 0 Å². The molecule has 1 atom stereocenters. The van der Waals surface area contributed by atoms with Crippen LogP contribution in [0.4, 0.5) is 0 Å². The van der Waals surface area contributed by atoms with Crippen LogP contribution in [-0.2, 0) is 4.79 Å². The van der Waals surface area contributed by atoms with Crippen LogP contribution in [0.5, 0.6) is 0 Å². The summed E-state index contributed by atoms with van der Waals surface area (Å²) < 4.78 is 0. The molecule has 1 heterocycles. The number of nitrogens with one attached hydrogen (secondary N) is 2. The Morgan fingerprint density at radius 2 is 2.27 bits per heavy atom. The van der Waals surface area contributed by atoms with Crippen molar-refractivity contribution in [2.45, 2.75) is 32.2 Å². The van der Waals surface area contributed by atoms with Crippen molar-refractivity contribution in [1.29, 1.82) is 0 Å². The average Bonchev–Trinajstić information content (AvgIpc) is 2.44. The van der Waals surface area contributed by atoms with E-state index in [1.165, 1.54) is 12.0 Å². The summed E-state index contributed by atoms with van der Waals surface area (Å²) in [5, 5.41) is 6.11. The highest BCUT2D eigenvalue weighted by atomic mass is 35.5. The monoisotopic (exact) mass is 230 g/mol. The molecule has 2 N–H and O–H groups in total. The predicted molar refractivity (Wildman–Crippen MR) is 63.1 cm³/mol. The second kappa shape index (κ2) is 5.52. The van der Waals surface area contributed by atoms with Gasteiger partial charge in [0.2, 0.25) is 5.91 Å². The summed E-state index contributed by atoms with van der Waals surface area (Å²) >= 11 is 0. The van der Waals surface area contributed by atoms with Gasteiger partial charge in [-0.2, -0.15) is 0 Å². The second-order valence-corrected chi connectivity index (χ2v) is 4.51. The van der Waals surface area contributed by atoms with Gasteiger partial charge in [0.1, 0.15) is 0 Å². The molecule has 0 spiro atoms. The Balaban J connectivity index is 0.00000112. The van der Waals surface area contributed by atoms with E-state index in [2.05, 4.69) is 17.6 Å². The fraction of sp³-hybridized carbons (Fsp3) is 0.727. The van der Waals surface area contributed by atoms with Gasteiger partial charge in [0, 0.05) is 19.2 Å². The van der Waals surface area contributed by atoms with Gasteiger partial charge in [0.15, 0.2) is 0 Å². The molecular weight excluding hydrogens is 212 g/mol. The molecule has 1 amide bonds. The van der Waals surface area contributed by atoms with Crippen LogP contribution in [0, 0.1) is 5.92 Å². The van der Waals surface area contributed by atoms with Gasteiger partial charge in [-0.15, -0.1) is 12.4 Å². The number of hydrogen-bond acceptors (Lipinski definition) is 2. The lowest BCUT2D eigenvalue weighted by molar-refractivity contribution is -0.117. The smallest absolute Gasteiger partial charge is 0.244 e. The van der Waals surface area contributed by atoms with Crippen LogP contribution in [0.25, 0.3) is 0 Å². The van der Waals surface area contributed by atoms with Gasteiger partial charge in [-0.1, -0.05) is 12.5 Å². The summed E-state index contributed by atoms with van der Waals surface area (Å²) in [5.41, 5.74) is 1.32. The SMILES string of the molecule is CC1CC/C(=C\C(=O)NC2CNC2)C1.Cl. The lowest BCUT2D eigenvalue weighted by Gasteiger charge is -2.27. The number of halogens is 1. The van der Waals surface area contributed by atoms with Crippen molar-refractivity contribution in [2.75, 3.05) is 13.1 Å². The van der Waals surface area contributed by atoms with Gasteiger partial charge in [0.25, 0.3) is 0 Å². The molecule has 86 valence electrons. The fourth-order valence-corrected chi connectivity index (χ4v) is 2.03. The summed E-state index contributed by atoms with van der Waals surface area (Å²) in [4.78, 5) is 11.5. The number of carbonyl (C=O) groups is 1. The third-order valence-corrected chi connectivity index (χ3v) is 3.03. The summed E-state index contributed by atoms with van der Waals surface area (Å²) in [6.45, 7) is 4.09. The lowest BCUT2D eigenvalue weighted by Crippen LogP contribution is -2.56. The van der Waals surface area contributed by atoms with Gasteiger partial charge < -0.3 is 10.6 Å². The van der Waals surface area contributed by atoms with E-state index < -0.39 is 0 Å². The van der Waals surface area contributed by atoms with Crippen molar-refractivity contribution in [3.8, 4) is 0 Å². The third kappa shape index (κ3) is 3.50. The highest BCUT2D eigenvalue weighted by Crippen LogP contribution is 2.29. The summed E-state index contributed by atoms with van der Waals surface area (Å²) in [6, 6.07) is 0.359. The molecule has 2 fully saturated rings. The molecular formula is C11H19ClN2O. The van der Waals surface area contributed by atoms with Crippen molar-refractivity contribution in [3.63, 3.8) is 0 Å². The highest BCUT2D eigenvalue weighted by Gasteiger charge is 2.19. The minimum Gasteiger partial charge on any atom is -0.347 e. The third-order valence-electron chi connectivity index (χ3n) is 3.03. The maximum absolute atomic E-state index is 11.5. The fourth-order valence-electron chi connectivity index (χ4n) is 2.03. The highest BCUT2D eigenvalue weighted by molar-refractivity contribution is 5.88. The molecule has 1 saturated heterocycles. The van der Waals surface area contributed by atoms with E-state index >= 15 is 0 Å². The van der Waals surface area contributed by atoms with Gasteiger partial charge in [0.05, 0.1) is 6.04 Å². The normalized spacial score (nSPS) is 28.3. The van der Waals surface area contributed by atoms with Crippen molar-refractivity contribution >= 4 is 18.3 Å². The Morgan fingerprint density at radius 1 is 1.53 bits per heavy atom. The summed E-state index contributed by atoms with van der Waals surface area (Å²) in [5.74, 6) is 0.861. The molecule has 1 saturated carbocycles. The molecule has 15 heavy (non-hydrogen) atoms. The Morgan fingerprint density at radius 3 is 2.73 bits per heavy atom. The number of carbonyl (C=O) groups excluding carboxylic acids is 1. The van der Waals surface area contributed by atoms with E-state index in [4.69, 9.17) is 0 Å². The Bertz CT molecular complexity index is 261. The molecule has 2 rings (SSSR count). The Hall–Kier alpha value is -0.540. The molecule has 1 aliphatic carbocycles. The van der Waals surface area contributed by atoms with Crippen LogP contribution < -0.4 is 10.6 Å². The second-order valence-electron chi connectivity index (χ2n) is 4.51. The van der Waals surface area contributed by atoms with E-state index in [9.17, 15) is 4.79 Å². The average molecular weight is 231 g/mol. The van der Waals surface area contributed by atoms with E-state index in [1.54, 1.807) is 0 Å². The zero-order valence-electron chi connectivity index (χ0n) is 9.08. The first-order chi connectivity index (χ1) is 6.74. The quantitative estimate of drug-likeness (QED) is 0.701. The van der Waals surface area contributed by atoms with Gasteiger partial charge in [-0.05, 0) is 25.2 Å². The predicted octanol–water partition coefficient (Wildman–Crippen LogP) is 1.24. The maximum atomic E-state index is 11.5. The van der Waals surface area contributed by atoms with E-state index in [0.717, 1.165) is 31.8 Å². The lowest BCUT2D eigenvalue weighted by atomic mass is 10.1. The Kier molecular flexibility index (Phi) is 4.61. The Labute approximate surface area is 97.1 Å². The van der Waals surface area contributed by atoms with Gasteiger partial charge in [-0.25, -0.2) is 0 Å². The van der Waals surface area contributed by atoms with Crippen LogP contribution >= 0.6 is 12.4 Å². The first kappa shape index (κ1) is 12.5. The van der Waals surface area contributed by atoms with E-state index in [1.807, 2.05) is 6.08 Å². The number of allylic oxidation sites excluding steroid dienone is 1. The van der Waals surface area contributed by atoms with E-state index in [-0.39, 0.29) is 18.3 Å². The van der Waals surface area contributed by atoms with Crippen molar-refractivity contribution in [2.24, 2.45) is 5.92 Å². The molecule has 0 aromatic heterocycles. The molecule has 1 unspecified atom stereocenters. The zero-order chi connectivity index (χ0) is 9.97.